The van der Waals surface area contributed by atoms with Crippen molar-refractivity contribution < 1.29 is 10.2 Å². The number of phenolic OH excluding ortho intramolecular Hbond substituents is 2. The molecular weight excluding hydrogens is 560 g/mol. The molecule has 2 nitrogen and oxygen atoms in total. The van der Waals surface area contributed by atoms with Gasteiger partial charge in [0, 0.05) is 23.0 Å². The minimum atomic E-state index is 0.151. The Labute approximate surface area is 273 Å². The topological polar surface area (TPSA) is 40.5 Å². The highest BCUT2D eigenvalue weighted by Crippen LogP contribution is 2.39. The number of benzene rings is 6. The molecule has 6 aromatic rings. The molecule has 0 aliphatic heterocycles. The third-order valence-corrected chi connectivity index (χ3v) is 8.23. The summed E-state index contributed by atoms with van der Waals surface area (Å²) in [5, 5.41) is 20.7. The van der Waals surface area contributed by atoms with E-state index in [1.54, 1.807) is 12.1 Å². The number of hydrogen-bond acceptors (Lipinski definition) is 2. The quantitative estimate of drug-likeness (QED) is 0.171. The van der Waals surface area contributed by atoms with E-state index in [0.717, 1.165) is 27.8 Å². The van der Waals surface area contributed by atoms with Crippen molar-refractivity contribution in [1.82, 2.24) is 0 Å². The van der Waals surface area contributed by atoms with Crippen LogP contribution in [0.2, 0.25) is 0 Å². The van der Waals surface area contributed by atoms with Gasteiger partial charge in [-0.1, -0.05) is 184 Å². The summed E-state index contributed by atoms with van der Waals surface area (Å²) in [6.07, 6.45) is 8.04. The van der Waals surface area contributed by atoms with E-state index in [2.05, 4.69) is 74.5 Å². The van der Waals surface area contributed by atoms with E-state index in [0.29, 0.717) is 5.75 Å². The standard InChI is InChI=1S/C22H22O.C22H18O/c1-16(18-10-5-3-6-11-18)20-14-9-15-21(23)22(20)17(2)19-12-7-4-8-13-19;23-22-13-7-12-20(16-14-18-8-3-1-4-9-18)21(22)17-15-19-10-5-2-6-11-19/h3-17,23H,1-2H3;1-17,23H. The molecule has 2 atom stereocenters. The van der Waals surface area contributed by atoms with E-state index in [1.807, 2.05) is 109 Å². The fraction of sp³-hybridized carbons (Fsp3) is 0.0909. The zero-order chi connectivity index (χ0) is 32.1. The van der Waals surface area contributed by atoms with Crippen LogP contribution in [0, 0.1) is 0 Å². The van der Waals surface area contributed by atoms with Crippen LogP contribution < -0.4 is 0 Å². The molecule has 0 spiro atoms. The van der Waals surface area contributed by atoms with Crippen LogP contribution in [0.5, 0.6) is 11.5 Å². The van der Waals surface area contributed by atoms with Gasteiger partial charge < -0.3 is 10.2 Å². The molecule has 2 heteroatoms. The number of aromatic hydroxyl groups is 2. The van der Waals surface area contributed by atoms with E-state index in [1.165, 1.54) is 16.7 Å². The summed E-state index contributed by atoms with van der Waals surface area (Å²) in [6.45, 7) is 4.36. The van der Waals surface area contributed by atoms with E-state index in [4.69, 9.17) is 0 Å². The van der Waals surface area contributed by atoms with Crippen molar-refractivity contribution in [3.63, 3.8) is 0 Å². The lowest BCUT2D eigenvalue weighted by Crippen LogP contribution is -2.05. The lowest BCUT2D eigenvalue weighted by molar-refractivity contribution is 0.464. The average Bonchev–Trinajstić information content (AvgIpc) is 3.11. The van der Waals surface area contributed by atoms with Crippen molar-refractivity contribution in [2.75, 3.05) is 0 Å². The lowest BCUT2D eigenvalue weighted by atomic mass is 9.82. The number of phenols is 2. The third kappa shape index (κ3) is 8.31. The largest absolute Gasteiger partial charge is 0.508 e. The van der Waals surface area contributed by atoms with Crippen molar-refractivity contribution in [2.24, 2.45) is 0 Å². The maximum absolute atomic E-state index is 10.5. The van der Waals surface area contributed by atoms with Gasteiger partial charge in [-0.25, -0.2) is 0 Å². The summed E-state index contributed by atoms with van der Waals surface area (Å²) < 4.78 is 0. The van der Waals surface area contributed by atoms with Crippen LogP contribution >= 0.6 is 0 Å². The van der Waals surface area contributed by atoms with Crippen molar-refractivity contribution in [1.29, 1.82) is 0 Å². The lowest BCUT2D eigenvalue weighted by Gasteiger charge is -2.22. The maximum atomic E-state index is 10.5. The molecule has 0 aromatic heterocycles. The Hall–Kier alpha value is -5.60. The fourth-order valence-electron chi connectivity index (χ4n) is 5.64. The summed E-state index contributed by atoms with van der Waals surface area (Å²) in [7, 11) is 0. The number of hydrogen-bond donors (Lipinski definition) is 2. The molecule has 0 aliphatic carbocycles. The van der Waals surface area contributed by atoms with Gasteiger partial charge in [0.15, 0.2) is 0 Å². The highest BCUT2D eigenvalue weighted by molar-refractivity contribution is 5.81. The molecule has 0 aliphatic rings. The zero-order valence-corrected chi connectivity index (χ0v) is 26.4. The van der Waals surface area contributed by atoms with Gasteiger partial charge in [0.25, 0.3) is 0 Å². The van der Waals surface area contributed by atoms with E-state index in [9.17, 15) is 10.2 Å². The van der Waals surface area contributed by atoms with Crippen LogP contribution in [0.25, 0.3) is 24.3 Å². The van der Waals surface area contributed by atoms with Crippen LogP contribution in [0.1, 0.15) is 70.2 Å². The molecule has 0 radical (unpaired) electrons. The first-order valence-corrected chi connectivity index (χ1v) is 15.7. The predicted molar refractivity (Wildman–Crippen MR) is 195 cm³/mol. The molecule has 228 valence electrons. The normalized spacial score (nSPS) is 12.4. The average molecular weight is 601 g/mol. The van der Waals surface area contributed by atoms with Crippen LogP contribution in [0.15, 0.2) is 158 Å². The molecule has 0 saturated heterocycles. The second-order valence-corrected chi connectivity index (χ2v) is 11.3. The van der Waals surface area contributed by atoms with Gasteiger partial charge in [-0.05, 0) is 45.5 Å². The third-order valence-electron chi connectivity index (χ3n) is 8.23. The molecule has 0 heterocycles. The van der Waals surface area contributed by atoms with Crippen molar-refractivity contribution in [3.05, 3.63) is 202 Å². The van der Waals surface area contributed by atoms with E-state index in [-0.39, 0.29) is 17.6 Å². The van der Waals surface area contributed by atoms with Gasteiger partial charge in [-0.15, -0.1) is 0 Å². The first-order chi connectivity index (χ1) is 22.5. The summed E-state index contributed by atoms with van der Waals surface area (Å²) in [5.74, 6) is 1.05. The van der Waals surface area contributed by atoms with Gasteiger partial charge in [0.2, 0.25) is 0 Å². The van der Waals surface area contributed by atoms with E-state index >= 15 is 0 Å². The van der Waals surface area contributed by atoms with Crippen LogP contribution in [0.3, 0.4) is 0 Å². The summed E-state index contributed by atoms with van der Waals surface area (Å²) >= 11 is 0. The monoisotopic (exact) mass is 600 g/mol. The SMILES string of the molecule is CC(c1ccccc1)c1cccc(O)c1C(C)c1ccccc1.Oc1cccc(C=Cc2ccccc2)c1C=Cc1ccccc1. The first-order valence-electron chi connectivity index (χ1n) is 15.7. The van der Waals surface area contributed by atoms with Crippen molar-refractivity contribution >= 4 is 24.3 Å². The summed E-state index contributed by atoms with van der Waals surface area (Å²) in [6, 6.07) is 52.4. The molecule has 0 bridgehead atoms. The Morgan fingerprint density at radius 1 is 0.413 bits per heavy atom. The second-order valence-electron chi connectivity index (χ2n) is 11.3. The molecule has 0 fully saturated rings. The Morgan fingerprint density at radius 3 is 1.43 bits per heavy atom. The van der Waals surface area contributed by atoms with E-state index < -0.39 is 0 Å². The van der Waals surface area contributed by atoms with Gasteiger partial charge in [0.05, 0.1) is 0 Å². The van der Waals surface area contributed by atoms with Gasteiger partial charge in [-0.3, -0.25) is 0 Å². The van der Waals surface area contributed by atoms with Gasteiger partial charge >= 0.3 is 0 Å². The Morgan fingerprint density at radius 2 is 0.870 bits per heavy atom. The van der Waals surface area contributed by atoms with Crippen LogP contribution in [-0.2, 0) is 0 Å². The fourth-order valence-corrected chi connectivity index (χ4v) is 5.64. The van der Waals surface area contributed by atoms with Crippen LogP contribution in [0.4, 0.5) is 0 Å². The molecule has 0 saturated carbocycles. The van der Waals surface area contributed by atoms with Crippen LogP contribution in [-0.4, -0.2) is 10.2 Å². The minimum Gasteiger partial charge on any atom is -0.508 e. The summed E-state index contributed by atoms with van der Waals surface area (Å²) in [4.78, 5) is 0. The molecule has 0 amide bonds. The van der Waals surface area contributed by atoms with Gasteiger partial charge in [-0.2, -0.15) is 0 Å². The Bertz CT molecular complexity index is 1860. The highest BCUT2D eigenvalue weighted by Gasteiger charge is 2.21. The second kappa shape index (κ2) is 15.9. The highest BCUT2D eigenvalue weighted by atomic mass is 16.3. The van der Waals surface area contributed by atoms with Crippen molar-refractivity contribution in [2.45, 2.75) is 25.7 Å². The predicted octanol–water partition coefficient (Wildman–Crippen LogP) is 11.4. The molecule has 6 aromatic carbocycles. The molecule has 2 N–H and O–H groups in total. The molecule has 6 rings (SSSR count). The first kappa shape index (κ1) is 31.8. The number of rotatable bonds is 8. The Balaban J connectivity index is 0.000000181. The van der Waals surface area contributed by atoms with Gasteiger partial charge in [0.1, 0.15) is 11.5 Å². The Kier molecular flexibility index (Phi) is 11.0. The molecule has 46 heavy (non-hydrogen) atoms. The maximum Gasteiger partial charge on any atom is 0.123 e. The molecule has 2 unspecified atom stereocenters. The smallest absolute Gasteiger partial charge is 0.123 e. The summed E-state index contributed by atoms with van der Waals surface area (Å²) in [5.41, 5.74) is 8.74. The minimum absolute atomic E-state index is 0.151. The molecular formula is C44H40O2. The van der Waals surface area contributed by atoms with Crippen molar-refractivity contribution in [3.8, 4) is 11.5 Å². The zero-order valence-electron chi connectivity index (χ0n) is 26.4.